The molecule has 1 aliphatic carbocycles. The van der Waals surface area contributed by atoms with E-state index in [-0.39, 0.29) is 11.7 Å². The predicted octanol–water partition coefficient (Wildman–Crippen LogP) is 4.02. The maximum absolute atomic E-state index is 13.2. The van der Waals surface area contributed by atoms with Gasteiger partial charge in [0.2, 0.25) is 0 Å². The van der Waals surface area contributed by atoms with Gasteiger partial charge >= 0.3 is 5.97 Å². The highest BCUT2D eigenvalue weighted by Gasteiger charge is 2.58. The molecule has 0 saturated heterocycles. The number of carboxylic acid groups (broad SMARTS) is 1. The van der Waals surface area contributed by atoms with Crippen molar-refractivity contribution in [1.82, 2.24) is 0 Å². The lowest BCUT2D eigenvalue weighted by Crippen LogP contribution is -2.42. The van der Waals surface area contributed by atoms with Crippen LogP contribution in [0.25, 0.3) is 0 Å². The summed E-state index contributed by atoms with van der Waals surface area (Å²) in [4.78, 5) is 24.9. The van der Waals surface area contributed by atoms with Crippen LogP contribution in [0.5, 0.6) is 5.75 Å². The van der Waals surface area contributed by atoms with Gasteiger partial charge in [0.25, 0.3) is 0 Å². The third-order valence-corrected chi connectivity index (χ3v) is 6.00. The number of benzene rings is 1. The van der Waals surface area contributed by atoms with Crippen molar-refractivity contribution in [2.75, 3.05) is 7.11 Å². The topological polar surface area (TPSA) is 63.6 Å². The van der Waals surface area contributed by atoms with Gasteiger partial charge in [0.15, 0.2) is 5.78 Å². The Labute approximate surface area is 137 Å². The normalized spacial score (nSPS) is 26.1. The molecule has 1 N–H and O–H groups in total. The first-order valence-corrected chi connectivity index (χ1v) is 7.99. The number of methoxy groups -OCH3 is 1. The van der Waals surface area contributed by atoms with Gasteiger partial charge in [0.05, 0.1) is 12.5 Å². The summed E-state index contributed by atoms with van der Waals surface area (Å²) >= 11 is 0. The number of Topliss-reactive ketones (excluding diaryl/α,β-unsaturated/α-hetero) is 1. The Hall–Kier alpha value is -1.84. The fourth-order valence-electron chi connectivity index (χ4n) is 3.95. The molecule has 2 rings (SSSR count). The number of rotatable bonds is 4. The number of hydrogen-bond acceptors (Lipinski definition) is 3. The SMILES string of the molecule is COc1cc(C)c(C(=O)C2CCC(C)(C(=O)O)C2(C)C)c(C)c1. The molecular formula is C19H26O4. The largest absolute Gasteiger partial charge is 0.497 e. The van der Waals surface area contributed by atoms with E-state index in [0.29, 0.717) is 18.4 Å². The summed E-state index contributed by atoms with van der Waals surface area (Å²) in [6, 6.07) is 3.72. The van der Waals surface area contributed by atoms with Crippen LogP contribution in [0.3, 0.4) is 0 Å². The van der Waals surface area contributed by atoms with E-state index in [2.05, 4.69) is 0 Å². The third-order valence-electron chi connectivity index (χ3n) is 6.00. The highest BCUT2D eigenvalue weighted by molar-refractivity contribution is 6.02. The molecule has 1 fully saturated rings. The van der Waals surface area contributed by atoms with Gasteiger partial charge in [-0.3, -0.25) is 9.59 Å². The van der Waals surface area contributed by atoms with E-state index in [0.717, 1.165) is 16.9 Å². The Bertz CT molecular complexity index is 636. The van der Waals surface area contributed by atoms with Crippen molar-refractivity contribution >= 4 is 11.8 Å². The van der Waals surface area contributed by atoms with Crippen LogP contribution in [0.4, 0.5) is 0 Å². The van der Waals surface area contributed by atoms with E-state index in [4.69, 9.17) is 4.74 Å². The van der Waals surface area contributed by atoms with Crippen LogP contribution in [-0.2, 0) is 4.79 Å². The Morgan fingerprint density at radius 1 is 1.17 bits per heavy atom. The number of aliphatic carboxylic acids is 1. The molecule has 0 bridgehead atoms. The second-order valence-corrected chi connectivity index (χ2v) is 7.45. The van der Waals surface area contributed by atoms with Crippen LogP contribution >= 0.6 is 0 Å². The minimum atomic E-state index is -0.873. The summed E-state index contributed by atoms with van der Waals surface area (Å²) in [5.41, 5.74) is 1.01. The fraction of sp³-hybridized carbons (Fsp3) is 0.579. The minimum absolute atomic E-state index is 0.0534. The summed E-state index contributed by atoms with van der Waals surface area (Å²) < 4.78 is 5.25. The van der Waals surface area contributed by atoms with Gasteiger partial charge in [0.1, 0.15) is 5.75 Å². The Morgan fingerprint density at radius 3 is 2.09 bits per heavy atom. The van der Waals surface area contributed by atoms with Crippen LogP contribution in [0.1, 0.15) is 55.1 Å². The van der Waals surface area contributed by atoms with Gasteiger partial charge in [-0.25, -0.2) is 0 Å². The standard InChI is InChI=1S/C19H26O4/c1-11-9-13(23-6)10-12(2)15(11)16(20)14-7-8-19(5,17(21)22)18(14,3)4/h9-10,14H,7-8H2,1-6H3,(H,21,22). The summed E-state index contributed by atoms with van der Waals surface area (Å²) in [7, 11) is 1.61. The second kappa shape index (κ2) is 5.66. The molecule has 23 heavy (non-hydrogen) atoms. The van der Waals surface area contributed by atoms with Crippen molar-refractivity contribution in [3.8, 4) is 5.75 Å². The average molecular weight is 318 g/mol. The number of ether oxygens (including phenoxy) is 1. The lowest BCUT2D eigenvalue weighted by atomic mass is 9.64. The lowest BCUT2D eigenvalue weighted by molar-refractivity contribution is -0.153. The second-order valence-electron chi connectivity index (χ2n) is 7.45. The van der Waals surface area contributed by atoms with E-state index in [1.807, 2.05) is 39.8 Å². The van der Waals surface area contributed by atoms with E-state index in [9.17, 15) is 14.7 Å². The molecule has 1 aromatic rings. The summed E-state index contributed by atoms with van der Waals surface area (Å²) in [6.07, 6.45) is 1.14. The van der Waals surface area contributed by atoms with E-state index in [1.54, 1.807) is 14.0 Å². The molecule has 0 aliphatic heterocycles. The maximum Gasteiger partial charge on any atom is 0.309 e. The molecule has 126 valence electrons. The summed E-state index contributed by atoms with van der Waals surface area (Å²) in [6.45, 7) is 9.38. The Balaban J connectivity index is 2.45. The van der Waals surface area contributed by atoms with Gasteiger partial charge in [-0.15, -0.1) is 0 Å². The van der Waals surface area contributed by atoms with Gasteiger partial charge in [-0.1, -0.05) is 13.8 Å². The smallest absolute Gasteiger partial charge is 0.309 e. The molecule has 4 nitrogen and oxygen atoms in total. The first-order valence-electron chi connectivity index (χ1n) is 7.99. The number of hydrogen-bond donors (Lipinski definition) is 1. The van der Waals surface area contributed by atoms with Crippen LogP contribution in [0.15, 0.2) is 12.1 Å². The lowest BCUT2D eigenvalue weighted by Gasteiger charge is -2.38. The summed E-state index contributed by atoms with van der Waals surface area (Å²) in [5, 5.41) is 9.63. The predicted molar refractivity (Wildman–Crippen MR) is 89.0 cm³/mol. The zero-order valence-corrected chi connectivity index (χ0v) is 14.8. The molecule has 1 saturated carbocycles. The molecule has 4 heteroatoms. The van der Waals surface area contributed by atoms with Gasteiger partial charge in [-0.2, -0.15) is 0 Å². The minimum Gasteiger partial charge on any atom is -0.497 e. The van der Waals surface area contributed by atoms with Crippen molar-refractivity contribution < 1.29 is 19.4 Å². The van der Waals surface area contributed by atoms with Gasteiger partial charge in [0, 0.05) is 11.5 Å². The van der Waals surface area contributed by atoms with Crippen molar-refractivity contribution in [1.29, 1.82) is 0 Å². The average Bonchev–Trinajstić information content (AvgIpc) is 2.69. The number of ketones is 1. The third kappa shape index (κ3) is 2.54. The number of carboxylic acids is 1. The molecule has 0 spiro atoms. The zero-order chi connectivity index (χ0) is 17.6. The van der Waals surface area contributed by atoms with Crippen molar-refractivity contribution in [3.63, 3.8) is 0 Å². The van der Waals surface area contributed by atoms with E-state index < -0.39 is 16.8 Å². The molecule has 0 heterocycles. The molecule has 1 aromatic carbocycles. The maximum atomic E-state index is 13.2. The molecular weight excluding hydrogens is 292 g/mol. The molecule has 2 atom stereocenters. The van der Waals surface area contributed by atoms with Gasteiger partial charge < -0.3 is 9.84 Å². The molecule has 0 amide bonds. The number of carbonyl (C=O) groups is 2. The molecule has 1 aliphatic rings. The van der Waals surface area contributed by atoms with Crippen LogP contribution in [0, 0.1) is 30.6 Å². The molecule has 0 radical (unpaired) electrons. The highest BCUT2D eigenvalue weighted by Crippen LogP contribution is 2.57. The summed E-state index contributed by atoms with van der Waals surface area (Å²) in [5.74, 6) is -0.314. The van der Waals surface area contributed by atoms with E-state index in [1.165, 1.54) is 0 Å². The van der Waals surface area contributed by atoms with Crippen molar-refractivity contribution in [2.45, 2.75) is 47.5 Å². The van der Waals surface area contributed by atoms with Crippen LogP contribution in [-0.4, -0.2) is 24.0 Å². The first kappa shape index (κ1) is 17.5. The Morgan fingerprint density at radius 2 is 1.70 bits per heavy atom. The number of aryl methyl sites for hydroxylation is 2. The Kier molecular flexibility index (Phi) is 4.31. The van der Waals surface area contributed by atoms with Crippen LogP contribution < -0.4 is 4.74 Å². The van der Waals surface area contributed by atoms with Crippen molar-refractivity contribution in [2.24, 2.45) is 16.7 Å². The number of carbonyl (C=O) groups excluding carboxylic acids is 1. The van der Waals surface area contributed by atoms with E-state index >= 15 is 0 Å². The van der Waals surface area contributed by atoms with Crippen molar-refractivity contribution in [3.05, 3.63) is 28.8 Å². The zero-order valence-electron chi connectivity index (χ0n) is 14.8. The molecule has 2 unspecified atom stereocenters. The first-order chi connectivity index (χ1) is 10.6. The van der Waals surface area contributed by atoms with Crippen LogP contribution in [0.2, 0.25) is 0 Å². The van der Waals surface area contributed by atoms with Gasteiger partial charge in [-0.05, 0) is 62.3 Å². The monoisotopic (exact) mass is 318 g/mol. The highest BCUT2D eigenvalue weighted by atomic mass is 16.5. The molecule has 0 aromatic heterocycles. The quantitative estimate of drug-likeness (QED) is 0.852. The fourth-order valence-corrected chi connectivity index (χ4v) is 3.95.